The summed E-state index contributed by atoms with van der Waals surface area (Å²) in [5, 5.41) is 0. The van der Waals surface area contributed by atoms with E-state index in [1.807, 2.05) is 6.92 Å². The fourth-order valence-corrected chi connectivity index (χ4v) is 2.15. The highest BCUT2D eigenvalue weighted by Crippen LogP contribution is 2.24. The van der Waals surface area contributed by atoms with Crippen LogP contribution in [-0.4, -0.2) is 9.97 Å². The molecule has 0 amide bonds. The van der Waals surface area contributed by atoms with E-state index in [2.05, 4.69) is 41.8 Å². The highest BCUT2D eigenvalue weighted by atomic mass is 79.9. The van der Waals surface area contributed by atoms with E-state index in [1.165, 1.54) is 6.07 Å². The van der Waals surface area contributed by atoms with Gasteiger partial charge in [-0.25, -0.2) is 14.4 Å². The number of benzene rings is 1. The van der Waals surface area contributed by atoms with E-state index < -0.39 is 0 Å². The minimum atomic E-state index is -0.341. The maximum absolute atomic E-state index is 13.7. The van der Waals surface area contributed by atoms with Crippen molar-refractivity contribution in [3.63, 3.8) is 0 Å². The summed E-state index contributed by atoms with van der Waals surface area (Å²) in [5.74, 6) is 0.0451. The summed E-state index contributed by atoms with van der Waals surface area (Å²) in [6.45, 7) is 1.84. The van der Waals surface area contributed by atoms with Crippen LogP contribution in [0.25, 0.3) is 11.4 Å². The lowest BCUT2D eigenvalue weighted by Crippen LogP contribution is -1.94. The maximum atomic E-state index is 13.7. The van der Waals surface area contributed by atoms with Crippen molar-refractivity contribution in [3.05, 3.63) is 44.9 Å². The predicted octanol–water partition coefficient (Wildman–Crippen LogP) is 4.12. The van der Waals surface area contributed by atoms with Gasteiger partial charge >= 0.3 is 0 Å². The maximum Gasteiger partial charge on any atom is 0.163 e. The lowest BCUT2D eigenvalue weighted by molar-refractivity contribution is 0.629. The van der Waals surface area contributed by atoms with Crippen molar-refractivity contribution in [2.45, 2.75) is 6.92 Å². The summed E-state index contributed by atoms with van der Waals surface area (Å²) in [4.78, 5) is 8.34. The number of aryl methyl sites for hydroxylation is 1. The van der Waals surface area contributed by atoms with Crippen molar-refractivity contribution < 1.29 is 4.39 Å². The van der Waals surface area contributed by atoms with Crippen molar-refractivity contribution in [1.29, 1.82) is 0 Å². The first-order chi connectivity index (χ1) is 7.56. The van der Waals surface area contributed by atoms with Crippen molar-refractivity contribution in [1.82, 2.24) is 9.97 Å². The van der Waals surface area contributed by atoms with Gasteiger partial charge in [-0.1, -0.05) is 15.9 Å². The zero-order valence-corrected chi connectivity index (χ0v) is 11.5. The molecule has 5 heteroatoms. The van der Waals surface area contributed by atoms with Crippen LogP contribution in [0.5, 0.6) is 0 Å². The van der Waals surface area contributed by atoms with Crippen LogP contribution in [-0.2, 0) is 0 Å². The Labute approximate surface area is 109 Å². The quantitative estimate of drug-likeness (QED) is 0.727. The first-order valence-corrected chi connectivity index (χ1v) is 6.11. The Morgan fingerprint density at radius 3 is 2.50 bits per heavy atom. The fourth-order valence-electron chi connectivity index (χ4n) is 1.32. The number of halogens is 3. The summed E-state index contributed by atoms with van der Waals surface area (Å²) in [5.41, 5.74) is 1.19. The molecule has 82 valence electrons. The average molecular weight is 346 g/mol. The monoisotopic (exact) mass is 344 g/mol. The molecule has 0 N–H and O–H groups in total. The first kappa shape index (κ1) is 11.7. The van der Waals surface area contributed by atoms with Gasteiger partial charge in [-0.2, -0.15) is 0 Å². The molecule has 1 heterocycles. The Hall–Kier alpha value is -0.810. The highest BCUT2D eigenvalue weighted by molar-refractivity contribution is 9.10. The first-order valence-electron chi connectivity index (χ1n) is 4.53. The lowest BCUT2D eigenvalue weighted by Gasteiger charge is -2.04. The Morgan fingerprint density at radius 2 is 1.88 bits per heavy atom. The van der Waals surface area contributed by atoms with E-state index in [0.29, 0.717) is 20.5 Å². The van der Waals surface area contributed by atoms with Gasteiger partial charge in [-0.05, 0) is 47.1 Å². The molecule has 0 radical (unpaired) electrons. The van der Waals surface area contributed by atoms with Crippen LogP contribution in [0.3, 0.4) is 0 Å². The Bertz CT molecular complexity index is 523. The van der Waals surface area contributed by atoms with Crippen molar-refractivity contribution in [2.24, 2.45) is 0 Å². The van der Waals surface area contributed by atoms with E-state index >= 15 is 0 Å². The molecule has 0 bridgehead atoms. The van der Waals surface area contributed by atoms with Crippen LogP contribution in [0, 0.1) is 12.7 Å². The van der Waals surface area contributed by atoms with Crippen molar-refractivity contribution in [2.75, 3.05) is 0 Å². The van der Waals surface area contributed by atoms with Gasteiger partial charge in [-0.3, -0.25) is 0 Å². The zero-order chi connectivity index (χ0) is 11.7. The minimum absolute atomic E-state index is 0.341. The van der Waals surface area contributed by atoms with E-state index in [0.717, 1.165) is 5.69 Å². The fraction of sp³-hybridized carbons (Fsp3) is 0.0909. The molecule has 0 aliphatic carbocycles. The van der Waals surface area contributed by atoms with E-state index in [9.17, 15) is 4.39 Å². The summed E-state index contributed by atoms with van der Waals surface area (Å²) in [7, 11) is 0. The summed E-state index contributed by atoms with van der Waals surface area (Å²) in [6.07, 6.45) is 0. The smallest absolute Gasteiger partial charge is 0.163 e. The molecule has 2 nitrogen and oxygen atoms in total. The number of hydrogen-bond donors (Lipinski definition) is 0. The standard InChI is InChI=1S/C11H7Br2FN2/c1-6-4-10(13)16-11(15-6)8-3-2-7(12)5-9(8)14/h2-5H,1H3. The van der Waals surface area contributed by atoms with Gasteiger partial charge in [0, 0.05) is 10.2 Å². The molecular formula is C11H7Br2FN2. The molecule has 2 rings (SSSR count). The molecule has 0 aliphatic heterocycles. The van der Waals surface area contributed by atoms with E-state index in [4.69, 9.17) is 0 Å². The second-order valence-electron chi connectivity index (χ2n) is 3.28. The molecule has 0 spiro atoms. The molecule has 0 unspecified atom stereocenters. The van der Waals surface area contributed by atoms with E-state index in [1.54, 1.807) is 18.2 Å². The number of hydrogen-bond acceptors (Lipinski definition) is 2. The van der Waals surface area contributed by atoms with Gasteiger partial charge in [0.1, 0.15) is 10.4 Å². The Morgan fingerprint density at radius 1 is 1.12 bits per heavy atom. The largest absolute Gasteiger partial charge is 0.233 e. The van der Waals surface area contributed by atoms with Crippen LogP contribution in [0.1, 0.15) is 5.69 Å². The zero-order valence-electron chi connectivity index (χ0n) is 8.34. The van der Waals surface area contributed by atoms with Crippen LogP contribution < -0.4 is 0 Å². The molecule has 1 aromatic carbocycles. The summed E-state index contributed by atoms with van der Waals surface area (Å²) in [6, 6.07) is 6.59. The van der Waals surface area contributed by atoms with E-state index in [-0.39, 0.29) is 5.82 Å². The second-order valence-corrected chi connectivity index (χ2v) is 5.01. The third kappa shape index (κ3) is 2.47. The minimum Gasteiger partial charge on any atom is -0.233 e. The third-order valence-corrected chi connectivity index (χ3v) is 2.89. The van der Waals surface area contributed by atoms with Crippen LogP contribution in [0.4, 0.5) is 4.39 Å². The number of rotatable bonds is 1. The Kier molecular flexibility index (Phi) is 3.35. The molecule has 0 fully saturated rings. The van der Waals surface area contributed by atoms with Crippen LogP contribution in [0.2, 0.25) is 0 Å². The summed E-state index contributed by atoms with van der Waals surface area (Å²) < 4.78 is 15.0. The van der Waals surface area contributed by atoms with Crippen molar-refractivity contribution >= 4 is 31.9 Å². The van der Waals surface area contributed by atoms with Gasteiger partial charge in [0.15, 0.2) is 5.82 Å². The van der Waals surface area contributed by atoms with Crippen LogP contribution >= 0.6 is 31.9 Å². The molecular weight excluding hydrogens is 339 g/mol. The molecule has 2 aromatic rings. The van der Waals surface area contributed by atoms with Gasteiger partial charge in [0.25, 0.3) is 0 Å². The van der Waals surface area contributed by atoms with Crippen molar-refractivity contribution in [3.8, 4) is 11.4 Å². The molecule has 0 saturated carbocycles. The topological polar surface area (TPSA) is 25.8 Å². The summed E-state index contributed by atoms with van der Waals surface area (Å²) >= 11 is 6.47. The lowest BCUT2D eigenvalue weighted by atomic mass is 10.2. The van der Waals surface area contributed by atoms with Gasteiger partial charge in [0.05, 0.1) is 5.56 Å². The van der Waals surface area contributed by atoms with Gasteiger partial charge in [-0.15, -0.1) is 0 Å². The molecule has 0 saturated heterocycles. The third-order valence-electron chi connectivity index (χ3n) is 1.99. The Balaban J connectivity index is 2.58. The second kappa shape index (κ2) is 4.59. The number of aromatic nitrogens is 2. The SMILES string of the molecule is Cc1cc(Br)nc(-c2ccc(Br)cc2F)n1. The average Bonchev–Trinajstić information content (AvgIpc) is 2.15. The molecule has 16 heavy (non-hydrogen) atoms. The normalized spacial score (nSPS) is 10.5. The van der Waals surface area contributed by atoms with Gasteiger partial charge < -0.3 is 0 Å². The molecule has 0 atom stereocenters. The molecule has 1 aromatic heterocycles. The molecule has 0 aliphatic rings. The van der Waals surface area contributed by atoms with Crippen LogP contribution in [0.15, 0.2) is 33.3 Å². The number of nitrogens with zero attached hydrogens (tertiary/aromatic N) is 2. The van der Waals surface area contributed by atoms with Gasteiger partial charge in [0.2, 0.25) is 0 Å². The predicted molar refractivity (Wildman–Crippen MR) is 67.6 cm³/mol. The highest BCUT2D eigenvalue weighted by Gasteiger charge is 2.09.